The fraction of sp³-hybridized carbons (Fsp3) is 0.364. The molecule has 3 rings (SSSR count). The molecule has 3 aromatic rings. The van der Waals surface area contributed by atoms with Crippen molar-refractivity contribution in [3.8, 4) is 0 Å². The predicted molar refractivity (Wildman–Crippen MR) is 125 cm³/mol. The first kappa shape index (κ1) is 23.9. The van der Waals surface area contributed by atoms with Gasteiger partial charge in [0.1, 0.15) is 22.4 Å². The third-order valence-corrected chi connectivity index (χ3v) is 6.48. The molecule has 0 aliphatic rings. The summed E-state index contributed by atoms with van der Waals surface area (Å²) in [4.78, 5) is 43.8. The number of hydrogen-bond donors (Lipinski definition) is 1. The molecule has 0 bridgehead atoms. The maximum Gasteiger partial charge on any atom is 0.348 e. The first-order chi connectivity index (χ1) is 15.3. The summed E-state index contributed by atoms with van der Waals surface area (Å²) in [5.74, 6) is -0.886. The van der Waals surface area contributed by atoms with E-state index in [4.69, 9.17) is 21.1 Å². The highest BCUT2D eigenvalue weighted by Crippen LogP contribution is 2.28. The van der Waals surface area contributed by atoms with Gasteiger partial charge in [-0.2, -0.15) is 0 Å². The van der Waals surface area contributed by atoms with E-state index in [1.54, 1.807) is 25.1 Å². The van der Waals surface area contributed by atoms with Crippen molar-refractivity contribution in [2.24, 2.45) is 0 Å². The van der Waals surface area contributed by atoms with Crippen molar-refractivity contribution in [3.63, 3.8) is 0 Å². The van der Waals surface area contributed by atoms with Crippen LogP contribution in [0.1, 0.15) is 40.2 Å². The van der Waals surface area contributed by atoms with Crippen molar-refractivity contribution < 1.29 is 19.1 Å². The first-order valence-corrected chi connectivity index (χ1v) is 11.2. The van der Waals surface area contributed by atoms with Crippen LogP contribution in [0.2, 0.25) is 5.02 Å². The highest BCUT2D eigenvalue weighted by atomic mass is 35.5. The average Bonchev–Trinajstić information content (AvgIpc) is 3.10. The van der Waals surface area contributed by atoms with Crippen LogP contribution in [0.15, 0.2) is 29.3 Å². The van der Waals surface area contributed by atoms with E-state index in [1.807, 2.05) is 13.8 Å². The molecule has 2 aromatic heterocycles. The zero-order chi connectivity index (χ0) is 23.4. The number of amides is 1. The smallest absolute Gasteiger partial charge is 0.348 e. The number of carbonyl (C=O) groups is 2. The topological polar surface area (TPSA) is 99.5 Å². The lowest BCUT2D eigenvalue weighted by Gasteiger charge is -2.18. The molecule has 0 spiro atoms. The number of rotatable bonds is 8. The van der Waals surface area contributed by atoms with Crippen molar-refractivity contribution in [1.29, 1.82) is 0 Å². The number of aromatic nitrogens is 2. The van der Waals surface area contributed by atoms with Crippen molar-refractivity contribution in [3.05, 3.63) is 55.9 Å². The third kappa shape index (κ3) is 4.85. The van der Waals surface area contributed by atoms with Gasteiger partial charge in [-0.3, -0.25) is 14.2 Å². The Kier molecular flexibility index (Phi) is 7.65. The predicted octanol–water partition coefficient (Wildman–Crippen LogP) is 4.12. The van der Waals surface area contributed by atoms with Crippen LogP contribution in [0.4, 0.5) is 5.69 Å². The summed E-state index contributed by atoms with van der Waals surface area (Å²) < 4.78 is 11.4. The zero-order valence-corrected chi connectivity index (χ0v) is 19.8. The summed E-state index contributed by atoms with van der Waals surface area (Å²) in [7, 11) is 1.51. The summed E-state index contributed by atoms with van der Waals surface area (Å²) in [6.07, 6.45) is 1.72. The van der Waals surface area contributed by atoms with E-state index < -0.39 is 12.0 Å². The number of methoxy groups -OCH3 is 1. The van der Waals surface area contributed by atoms with E-state index >= 15 is 0 Å². The second-order valence-electron chi connectivity index (χ2n) is 7.19. The lowest BCUT2D eigenvalue weighted by atomic mass is 10.1. The minimum absolute atomic E-state index is 0.113. The Labute approximate surface area is 194 Å². The number of carbonyl (C=O) groups excluding carboxylic acids is 2. The van der Waals surface area contributed by atoms with Crippen LogP contribution in [-0.4, -0.2) is 41.8 Å². The Morgan fingerprint density at radius 3 is 2.72 bits per heavy atom. The highest BCUT2D eigenvalue weighted by Gasteiger charge is 2.25. The number of anilines is 1. The number of halogens is 1. The number of benzene rings is 1. The van der Waals surface area contributed by atoms with E-state index in [-0.39, 0.29) is 24.7 Å². The van der Waals surface area contributed by atoms with Gasteiger partial charge in [0.15, 0.2) is 0 Å². The van der Waals surface area contributed by atoms with Gasteiger partial charge in [-0.25, -0.2) is 9.78 Å². The van der Waals surface area contributed by atoms with Gasteiger partial charge in [-0.15, -0.1) is 11.3 Å². The van der Waals surface area contributed by atoms with E-state index in [1.165, 1.54) is 18.0 Å². The second kappa shape index (κ2) is 10.2. The van der Waals surface area contributed by atoms with Gasteiger partial charge in [-0.05, 0) is 43.5 Å². The molecule has 1 atom stereocenters. The molecule has 1 amide bonds. The van der Waals surface area contributed by atoms with Crippen molar-refractivity contribution >= 4 is 50.7 Å². The molecule has 0 fully saturated rings. The van der Waals surface area contributed by atoms with Gasteiger partial charge in [0.2, 0.25) is 5.91 Å². The molecule has 32 heavy (non-hydrogen) atoms. The number of nitrogens with zero attached hydrogens (tertiary/aromatic N) is 2. The lowest BCUT2D eigenvalue weighted by Crippen LogP contribution is -2.33. The van der Waals surface area contributed by atoms with Crippen LogP contribution in [0.3, 0.4) is 0 Å². The van der Waals surface area contributed by atoms with Gasteiger partial charge in [0.25, 0.3) is 5.56 Å². The number of aryl methyl sites for hydroxylation is 2. The summed E-state index contributed by atoms with van der Waals surface area (Å²) in [6.45, 7) is 5.73. The Hall–Kier alpha value is -2.75. The number of hydrogen-bond acceptors (Lipinski definition) is 7. The molecule has 1 N–H and O–H groups in total. The van der Waals surface area contributed by atoms with Gasteiger partial charge in [0.05, 0.1) is 18.3 Å². The van der Waals surface area contributed by atoms with Crippen LogP contribution in [0, 0.1) is 13.8 Å². The molecule has 1 aromatic carbocycles. The molecule has 0 radical (unpaired) electrons. The van der Waals surface area contributed by atoms with Crippen LogP contribution in [0.5, 0.6) is 0 Å². The Bertz CT molecular complexity index is 1220. The van der Waals surface area contributed by atoms with Crippen LogP contribution >= 0.6 is 22.9 Å². The minimum atomic E-state index is -0.783. The standard InChI is InChI=1S/C22H24ClN3O5S/c1-5-16(19(27)25-15-10-14(23)7-6-12(15)2)26-11-24-20-17(21(26)28)13(3)18(32-20)22(29)31-9-8-30-4/h6-7,10-11,16H,5,8-9H2,1-4H3,(H,25,27). The summed E-state index contributed by atoms with van der Waals surface area (Å²) in [5, 5.41) is 3.65. The number of thiophene rings is 1. The lowest BCUT2D eigenvalue weighted by molar-refractivity contribution is -0.119. The van der Waals surface area contributed by atoms with Crippen molar-refractivity contribution in [1.82, 2.24) is 9.55 Å². The maximum absolute atomic E-state index is 13.3. The number of fused-ring (bicyclic) bond motifs is 1. The van der Waals surface area contributed by atoms with Crippen molar-refractivity contribution in [2.45, 2.75) is 33.2 Å². The van der Waals surface area contributed by atoms with E-state index in [0.29, 0.717) is 37.8 Å². The average molecular weight is 478 g/mol. The number of esters is 1. The summed E-state index contributed by atoms with van der Waals surface area (Å²) in [5.41, 5.74) is 1.53. The molecule has 0 aliphatic heterocycles. The molecular formula is C22H24ClN3O5S. The second-order valence-corrected chi connectivity index (χ2v) is 8.63. The van der Waals surface area contributed by atoms with Gasteiger partial charge in [0, 0.05) is 17.8 Å². The molecule has 0 saturated carbocycles. The maximum atomic E-state index is 13.3. The molecule has 8 nitrogen and oxygen atoms in total. The monoisotopic (exact) mass is 477 g/mol. The minimum Gasteiger partial charge on any atom is -0.459 e. The number of nitrogens with one attached hydrogen (secondary N) is 1. The largest absolute Gasteiger partial charge is 0.459 e. The molecule has 0 saturated heterocycles. The van der Waals surface area contributed by atoms with Gasteiger partial charge >= 0.3 is 5.97 Å². The third-order valence-electron chi connectivity index (χ3n) is 5.06. The molecule has 10 heteroatoms. The van der Waals surface area contributed by atoms with Crippen LogP contribution in [-0.2, 0) is 14.3 Å². The summed E-state index contributed by atoms with van der Waals surface area (Å²) >= 11 is 7.14. The van der Waals surface area contributed by atoms with E-state index in [9.17, 15) is 14.4 Å². The Morgan fingerprint density at radius 2 is 2.03 bits per heavy atom. The number of ether oxygens (including phenoxy) is 2. The van der Waals surface area contributed by atoms with Crippen LogP contribution < -0.4 is 10.9 Å². The fourth-order valence-corrected chi connectivity index (χ4v) is 4.50. The Morgan fingerprint density at radius 1 is 1.28 bits per heavy atom. The first-order valence-electron chi connectivity index (χ1n) is 10.0. The Balaban J connectivity index is 1.95. The molecule has 170 valence electrons. The molecule has 2 heterocycles. The van der Waals surface area contributed by atoms with Gasteiger partial charge < -0.3 is 14.8 Å². The molecule has 1 unspecified atom stereocenters. The SMILES string of the molecule is CCC(C(=O)Nc1cc(Cl)ccc1C)n1cnc2sc(C(=O)OCCOC)c(C)c2c1=O. The van der Waals surface area contributed by atoms with E-state index in [2.05, 4.69) is 10.3 Å². The van der Waals surface area contributed by atoms with Gasteiger partial charge in [-0.1, -0.05) is 24.6 Å². The molecular weight excluding hydrogens is 454 g/mol. The highest BCUT2D eigenvalue weighted by molar-refractivity contribution is 7.20. The van der Waals surface area contributed by atoms with E-state index in [0.717, 1.165) is 16.9 Å². The van der Waals surface area contributed by atoms with Crippen LogP contribution in [0.25, 0.3) is 10.2 Å². The normalized spacial score (nSPS) is 12.0. The van der Waals surface area contributed by atoms with Crippen molar-refractivity contribution in [2.75, 3.05) is 25.6 Å². The summed E-state index contributed by atoms with van der Waals surface area (Å²) in [6, 6.07) is 4.43. The quantitative estimate of drug-likeness (QED) is 0.387. The fourth-order valence-electron chi connectivity index (χ4n) is 3.29. The molecule has 0 aliphatic carbocycles. The zero-order valence-electron chi connectivity index (χ0n) is 18.2.